The Morgan fingerprint density at radius 2 is 1.92 bits per heavy atom. The molecule has 1 heterocycles. The smallest absolute Gasteiger partial charge is 0.280 e. The molecule has 0 spiro atoms. The van der Waals surface area contributed by atoms with E-state index in [0.717, 1.165) is 11.6 Å². The molecule has 0 bridgehead atoms. The Morgan fingerprint density at radius 3 is 2.60 bits per heavy atom. The first-order valence-corrected chi connectivity index (χ1v) is 7.51. The highest BCUT2D eigenvalue weighted by atomic mass is 35.5. The number of nitrogen functional groups attached to an aromatic ring is 1. The van der Waals surface area contributed by atoms with Crippen LogP contribution < -0.4 is 11.1 Å². The lowest BCUT2D eigenvalue weighted by Gasteiger charge is -2.06. The van der Waals surface area contributed by atoms with E-state index in [1.165, 1.54) is 28.9 Å². The molecule has 3 aromatic rings. The second-order valence-corrected chi connectivity index (χ2v) is 5.60. The van der Waals surface area contributed by atoms with E-state index in [0.29, 0.717) is 5.69 Å². The SMILES string of the molecule is Nc1c(C(=O)Nc2ccc(F)c(Cl)c2)nnn1Cc1ccc(F)cc1. The minimum Gasteiger partial charge on any atom is -0.382 e. The van der Waals surface area contributed by atoms with Gasteiger partial charge in [-0.3, -0.25) is 4.79 Å². The number of hydrogen-bond donors (Lipinski definition) is 2. The van der Waals surface area contributed by atoms with Crippen molar-refractivity contribution >= 4 is 29.0 Å². The number of anilines is 2. The third-order valence-corrected chi connectivity index (χ3v) is 3.70. The van der Waals surface area contributed by atoms with E-state index in [9.17, 15) is 13.6 Å². The van der Waals surface area contributed by atoms with E-state index in [1.807, 2.05) is 0 Å². The van der Waals surface area contributed by atoms with Gasteiger partial charge in [-0.15, -0.1) is 5.10 Å². The van der Waals surface area contributed by atoms with E-state index >= 15 is 0 Å². The second-order valence-electron chi connectivity index (χ2n) is 5.19. The molecule has 6 nitrogen and oxygen atoms in total. The molecule has 1 aromatic heterocycles. The van der Waals surface area contributed by atoms with Crippen molar-refractivity contribution in [1.29, 1.82) is 0 Å². The van der Waals surface area contributed by atoms with Crippen LogP contribution in [-0.4, -0.2) is 20.9 Å². The molecule has 25 heavy (non-hydrogen) atoms. The molecule has 9 heteroatoms. The van der Waals surface area contributed by atoms with Crippen LogP contribution in [0.5, 0.6) is 0 Å². The predicted octanol–water partition coefficient (Wildman–Crippen LogP) is 3.09. The first kappa shape index (κ1) is 16.8. The number of hydrogen-bond acceptors (Lipinski definition) is 4. The maximum absolute atomic E-state index is 13.1. The lowest BCUT2D eigenvalue weighted by Crippen LogP contribution is -2.15. The molecule has 0 radical (unpaired) electrons. The number of halogens is 3. The molecule has 0 atom stereocenters. The van der Waals surface area contributed by atoms with Gasteiger partial charge in [-0.25, -0.2) is 13.5 Å². The van der Waals surface area contributed by atoms with E-state index in [4.69, 9.17) is 17.3 Å². The van der Waals surface area contributed by atoms with Gasteiger partial charge in [0.15, 0.2) is 11.5 Å². The molecule has 3 N–H and O–H groups in total. The van der Waals surface area contributed by atoms with Crippen LogP contribution in [-0.2, 0) is 6.54 Å². The minimum atomic E-state index is -0.606. The first-order valence-electron chi connectivity index (χ1n) is 7.14. The second kappa shape index (κ2) is 6.86. The number of rotatable bonds is 4. The Kier molecular flexibility index (Phi) is 4.62. The van der Waals surface area contributed by atoms with E-state index in [-0.39, 0.29) is 28.9 Å². The van der Waals surface area contributed by atoms with Crippen molar-refractivity contribution in [3.63, 3.8) is 0 Å². The van der Waals surface area contributed by atoms with Crippen LogP contribution in [0.4, 0.5) is 20.3 Å². The third kappa shape index (κ3) is 3.74. The number of benzene rings is 2. The Hall–Kier alpha value is -3.00. The monoisotopic (exact) mass is 363 g/mol. The third-order valence-electron chi connectivity index (χ3n) is 3.41. The standard InChI is InChI=1S/C16H12ClF2N5O/c17-12-7-11(5-6-13(12)19)21-16(25)14-15(20)24(23-22-14)8-9-1-3-10(18)4-2-9/h1-7H,8,20H2,(H,21,25). The molecular formula is C16H12ClF2N5O. The summed E-state index contributed by atoms with van der Waals surface area (Å²) in [5.74, 6) is -1.50. The molecule has 0 fully saturated rings. The summed E-state index contributed by atoms with van der Waals surface area (Å²) < 4.78 is 27.4. The zero-order valence-corrected chi connectivity index (χ0v) is 13.5. The number of carbonyl (C=O) groups excluding carboxylic acids is 1. The van der Waals surface area contributed by atoms with Gasteiger partial charge < -0.3 is 11.1 Å². The van der Waals surface area contributed by atoms with Gasteiger partial charge in [0, 0.05) is 5.69 Å². The summed E-state index contributed by atoms with van der Waals surface area (Å²) in [4.78, 5) is 12.2. The van der Waals surface area contributed by atoms with Gasteiger partial charge in [0.2, 0.25) is 0 Å². The van der Waals surface area contributed by atoms with Crippen molar-refractivity contribution in [2.24, 2.45) is 0 Å². The summed E-state index contributed by atoms with van der Waals surface area (Å²) in [5, 5.41) is 9.99. The Morgan fingerprint density at radius 1 is 1.20 bits per heavy atom. The number of nitrogens with two attached hydrogens (primary N) is 1. The highest BCUT2D eigenvalue weighted by Crippen LogP contribution is 2.20. The fourth-order valence-corrected chi connectivity index (χ4v) is 2.31. The maximum Gasteiger partial charge on any atom is 0.280 e. The molecule has 0 saturated heterocycles. The molecule has 3 rings (SSSR count). The van der Waals surface area contributed by atoms with E-state index < -0.39 is 11.7 Å². The fraction of sp³-hybridized carbons (Fsp3) is 0.0625. The number of amides is 1. The predicted molar refractivity (Wildman–Crippen MR) is 89.3 cm³/mol. The van der Waals surface area contributed by atoms with Crippen molar-refractivity contribution in [1.82, 2.24) is 15.0 Å². The largest absolute Gasteiger partial charge is 0.382 e. The van der Waals surface area contributed by atoms with Gasteiger partial charge in [-0.2, -0.15) is 0 Å². The molecule has 0 unspecified atom stereocenters. The van der Waals surface area contributed by atoms with Crippen molar-refractivity contribution < 1.29 is 13.6 Å². The number of carbonyl (C=O) groups is 1. The van der Waals surface area contributed by atoms with Crippen LogP contribution in [0.1, 0.15) is 16.1 Å². The van der Waals surface area contributed by atoms with Gasteiger partial charge in [-0.05, 0) is 35.9 Å². The number of nitrogens with zero attached hydrogens (tertiary/aromatic N) is 3. The average molecular weight is 364 g/mol. The maximum atomic E-state index is 13.1. The molecule has 0 aliphatic rings. The van der Waals surface area contributed by atoms with Crippen LogP contribution in [0.2, 0.25) is 5.02 Å². The highest BCUT2D eigenvalue weighted by molar-refractivity contribution is 6.31. The van der Waals surface area contributed by atoms with Crippen LogP contribution in [0, 0.1) is 11.6 Å². The molecule has 1 amide bonds. The number of nitrogens with one attached hydrogen (secondary N) is 1. The summed E-state index contributed by atoms with van der Waals surface area (Å²) in [6.45, 7) is 0.231. The number of aromatic nitrogens is 3. The van der Waals surface area contributed by atoms with Crippen LogP contribution in [0.3, 0.4) is 0 Å². The summed E-state index contributed by atoms with van der Waals surface area (Å²) in [5.41, 5.74) is 6.87. The Labute approximate surface area is 146 Å². The summed E-state index contributed by atoms with van der Waals surface area (Å²) in [6, 6.07) is 9.55. The van der Waals surface area contributed by atoms with Gasteiger partial charge in [-0.1, -0.05) is 28.9 Å². The normalized spacial score (nSPS) is 10.7. The van der Waals surface area contributed by atoms with E-state index in [1.54, 1.807) is 12.1 Å². The van der Waals surface area contributed by atoms with Crippen molar-refractivity contribution in [2.45, 2.75) is 6.54 Å². The average Bonchev–Trinajstić information content (AvgIpc) is 2.94. The summed E-state index contributed by atoms with van der Waals surface area (Å²) in [6.07, 6.45) is 0. The highest BCUT2D eigenvalue weighted by Gasteiger charge is 2.18. The van der Waals surface area contributed by atoms with Crippen molar-refractivity contribution in [3.8, 4) is 0 Å². The molecule has 2 aromatic carbocycles. The van der Waals surface area contributed by atoms with Gasteiger partial charge >= 0.3 is 0 Å². The molecular weight excluding hydrogens is 352 g/mol. The van der Waals surface area contributed by atoms with Gasteiger partial charge in [0.05, 0.1) is 11.6 Å². The Balaban J connectivity index is 1.76. The topological polar surface area (TPSA) is 85.8 Å². The van der Waals surface area contributed by atoms with Crippen LogP contribution >= 0.6 is 11.6 Å². The molecule has 0 aliphatic heterocycles. The fourth-order valence-electron chi connectivity index (χ4n) is 2.13. The molecule has 0 saturated carbocycles. The zero-order valence-electron chi connectivity index (χ0n) is 12.7. The van der Waals surface area contributed by atoms with Gasteiger partial charge in [0.1, 0.15) is 11.6 Å². The van der Waals surface area contributed by atoms with E-state index in [2.05, 4.69) is 15.6 Å². The summed E-state index contributed by atoms with van der Waals surface area (Å²) in [7, 11) is 0. The summed E-state index contributed by atoms with van der Waals surface area (Å²) >= 11 is 5.67. The van der Waals surface area contributed by atoms with Crippen LogP contribution in [0.15, 0.2) is 42.5 Å². The lowest BCUT2D eigenvalue weighted by molar-refractivity contribution is 0.102. The van der Waals surface area contributed by atoms with Crippen molar-refractivity contribution in [2.75, 3.05) is 11.1 Å². The molecule has 0 aliphatic carbocycles. The molecule has 128 valence electrons. The zero-order chi connectivity index (χ0) is 18.0. The lowest BCUT2D eigenvalue weighted by atomic mass is 10.2. The van der Waals surface area contributed by atoms with Gasteiger partial charge in [0.25, 0.3) is 5.91 Å². The first-order chi connectivity index (χ1) is 11.9. The van der Waals surface area contributed by atoms with Crippen LogP contribution in [0.25, 0.3) is 0 Å². The quantitative estimate of drug-likeness (QED) is 0.745. The Bertz CT molecular complexity index is 927. The minimum absolute atomic E-state index is 0.0510. The van der Waals surface area contributed by atoms with Crippen molar-refractivity contribution in [3.05, 3.63) is 70.4 Å².